The van der Waals surface area contributed by atoms with Crippen molar-refractivity contribution in [3.8, 4) is 0 Å². The first-order chi connectivity index (χ1) is 11.0. The highest BCUT2D eigenvalue weighted by Gasteiger charge is 2.19. The first-order valence-corrected chi connectivity index (χ1v) is 7.63. The molecule has 1 heterocycles. The van der Waals surface area contributed by atoms with Gasteiger partial charge in [-0.05, 0) is 18.6 Å². The summed E-state index contributed by atoms with van der Waals surface area (Å²) in [6.07, 6.45) is 3.55. The van der Waals surface area contributed by atoms with Gasteiger partial charge < -0.3 is 15.0 Å². The molecule has 0 saturated carbocycles. The van der Waals surface area contributed by atoms with Gasteiger partial charge in [-0.2, -0.15) is 0 Å². The smallest absolute Gasteiger partial charge is 0.326 e. The molecular formula is C17H20N2O4. The van der Waals surface area contributed by atoms with E-state index in [1.54, 1.807) is 35.0 Å². The minimum Gasteiger partial charge on any atom is -0.480 e. The zero-order chi connectivity index (χ0) is 16.8. The molecule has 1 amide bonds. The second-order valence-electron chi connectivity index (χ2n) is 5.43. The third-order valence-corrected chi connectivity index (χ3v) is 3.68. The van der Waals surface area contributed by atoms with Gasteiger partial charge in [0, 0.05) is 17.6 Å². The number of unbranched alkanes of at least 4 members (excludes halogenated alkanes) is 1. The number of fused-ring (bicyclic) bond motifs is 1. The number of carboxylic acids is 1. The van der Waals surface area contributed by atoms with Crippen molar-refractivity contribution in [3.05, 3.63) is 46.8 Å². The molecule has 0 unspecified atom stereocenters. The van der Waals surface area contributed by atoms with Gasteiger partial charge in [0.1, 0.15) is 12.6 Å². The van der Waals surface area contributed by atoms with Gasteiger partial charge in [0.2, 0.25) is 5.91 Å². The van der Waals surface area contributed by atoms with Crippen molar-refractivity contribution in [1.29, 1.82) is 0 Å². The lowest BCUT2D eigenvalue weighted by Crippen LogP contribution is -2.42. The molecule has 1 aromatic heterocycles. The molecule has 1 aromatic carbocycles. The molecule has 122 valence electrons. The third kappa shape index (κ3) is 4.18. The van der Waals surface area contributed by atoms with Crippen molar-refractivity contribution in [3.63, 3.8) is 0 Å². The standard InChI is InChI=1S/C17H20N2O4/c1-2-3-7-13(17(22)23)18-16(21)11-19-10-9-15(20)12-6-4-5-8-14(12)19/h4-6,8-10,13H,2-3,7,11H2,1H3,(H,18,21)(H,22,23)/t13-/m0/s1. The van der Waals surface area contributed by atoms with E-state index in [1.165, 1.54) is 6.07 Å². The molecule has 0 saturated heterocycles. The van der Waals surface area contributed by atoms with Crippen LogP contribution in [0, 0.1) is 0 Å². The number of rotatable bonds is 7. The van der Waals surface area contributed by atoms with Gasteiger partial charge in [-0.15, -0.1) is 0 Å². The Kier molecular flexibility index (Phi) is 5.51. The second kappa shape index (κ2) is 7.58. The van der Waals surface area contributed by atoms with Crippen LogP contribution in [0.5, 0.6) is 0 Å². The van der Waals surface area contributed by atoms with E-state index in [0.717, 1.165) is 12.8 Å². The highest BCUT2D eigenvalue weighted by Crippen LogP contribution is 2.09. The lowest BCUT2D eigenvalue weighted by molar-refractivity contribution is -0.142. The zero-order valence-corrected chi connectivity index (χ0v) is 13.0. The fourth-order valence-corrected chi connectivity index (χ4v) is 2.46. The van der Waals surface area contributed by atoms with E-state index in [-0.39, 0.29) is 17.9 Å². The topological polar surface area (TPSA) is 88.4 Å². The van der Waals surface area contributed by atoms with E-state index in [4.69, 9.17) is 5.11 Å². The van der Waals surface area contributed by atoms with Crippen molar-refractivity contribution in [2.24, 2.45) is 0 Å². The average molecular weight is 316 g/mol. The highest BCUT2D eigenvalue weighted by molar-refractivity contribution is 5.85. The predicted molar refractivity (Wildman–Crippen MR) is 87.3 cm³/mol. The Bertz CT molecular complexity index is 767. The summed E-state index contributed by atoms with van der Waals surface area (Å²) in [7, 11) is 0. The number of carbonyl (C=O) groups excluding carboxylic acids is 1. The monoisotopic (exact) mass is 316 g/mol. The average Bonchev–Trinajstić information content (AvgIpc) is 2.54. The maximum absolute atomic E-state index is 12.1. The number of para-hydroxylation sites is 1. The van der Waals surface area contributed by atoms with Crippen molar-refractivity contribution in [2.75, 3.05) is 0 Å². The largest absolute Gasteiger partial charge is 0.480 e. The van der Waals surface area contributed by atoms with E-state index >= 15 is 0 Å². The van der Waals surface area contributed by atoms with Gasteiger partial charge in [-0.25, -0.2) is 4.79 Å². The summed E-state index contributed by atoms with van der Waals surface area (Å²) in [6.45, 7) is 1.93. The normalized spacial score (nSPS) is 12.0. The lowest BCUT2D eigenvalue weighted by atomic mass is 10.1. The van der Waals surface area contributed by atoms with E-state index in [9.17, 15) is 14.4 Å². The Hall–Kier alpha value is -2.63. The lowest BCUT2D eigenvalue weighted by Gasteiger charge is -2.16. The molecule has 0 aliphatic heterocycles. The number of amides is 1. The molecule has 2 N–H and O–H groups in total. The first kappa shape index (κ1) is 16.7. The van der Waals surface area contributed by atoms with E-state index in [0.29, 0.717) is 17.3 Å². The van der Waals surface area contributed by atoms with Gasteiger partial charge in [0.25, 0.3) is 0 Å². The van der Waals surface area contributed by atoms with Gasteiger partial charge in [-0.1, -0.05) is 31.9 Å². The van der Waals surface area contributed by atoms with Crippen LogP contribution in [0.4, 0.5) is 0 Å². The molecule has 1 atom stereocenters. The fourth-order valence-electron chi connectivity index (χ4n) is 2.46. The van der Waals surface area contributed by atoms with E-state index < -0.39 is 12.0 Å². The summed E-state index contributed by atoms with van der Waals surface area (Å²) in [5.41, 5.74) is 0.541. The number of pyridine rings is 1. The SMILES string of the molecule is CCCC[C@H](NC(=O)Cn1ccc(=O)c2ccccc21)C(=O)O. The van der Waals surface area contributed by atoms with Crippen LogP contribution in [0.15, 0.2) is 41.3 Å². The summed E-state index contributed by atoms with van der Waals surface area (Å²) in [5.74, 6) is -1.42. The molecule has 0 aliphatic carbocycles. The number of hydrogen-bond acceptors (Lipinski definition) is 3. The number of nitrogens with zero attached hydrogens (tertiary/aromatic N) is 1. The maximum Gasteiger partial charge on any atom is 0.326 e. The number of nitrogens with one attached hydrogen (secondary N) is 1. The van der Waals surface area contributed by atoms with Crippen LogP contribution >= 0.6 is 0 Å². The fraction of sp³-hybridized carbons (Fsp3) is 0.353. The molecule has 0 radical (unpaired) electrons. The van der Waals surface area contributed by atoms with Crippen molar-refractivity contribution < 1.29 is 14.7 Å². The molecule has 0 bridgehead atoms. The van der Waals surface area contributed by atoms with Crippen LogP contribution in [0.3, 0.4) is 0 Å². The molecule has 6 nitrogen and oxygen atoms in total. The van der Waals surface area contributed by atoms with Gasteiger partial charge in [0.15, 0.2) is 5.43 Å². The molecule has 0 spiro atoms. The Balaban J connectivity index is 2.16. The van der Waals surface area contributed by atoms with Crippen LogP contribution in [0.25, 0.3) is 10.9 Å². The number of aliphatic carboxylic acids is 1. The predicted octanol–water partition coefficient (Wildman–Crippen LogP) is 1.76. The molecule has 0 fully saturated rings. The van der Waals surface area contributed by atoms with Crippen molar-refractivity contribution in [2.45, 2.75) is 38.8 Å². The van der Waals surface area contributed by atoms with Crippen LogP contribution in [-0.4, -0.2) is 27.6 Å². The maximum atomic E-state index is 12.1. The zero-order valence-electron chi connectivity index (χ0n) is 13.0. The first-order valence-electron chi connectivity index (χ1n) is 7.63. The van der Waals surface area contributed by atoms with Gasteiger partial charge in [-0.3, -0.25) is 9.59 Å². The van der Waals surface area contributed by atoms with E-state index in [2.05, 4.69) is 5.32 Å². The molecule has 2 aromatic rings. The van der Waals surface area contributed by atoms with Crippen molar-refractivity contribution in [1.82, 2.24) is 9.88 Å². The van der Waals surface area contributed by atoms with Gasteiger partial charge >= 0.3 is 5.97 Å². The van der Waals surface area contributed by atoms with Gasteiger partial charge in [0.05, 0.1) is 5.52 Å². The molecular weight excluding hydrogens is 296 g/mol. The minimum absolute atomic E-state index is 0.0311. The summed E-state index contributed by atoms with van der Waals surface area (Å²) >= 11 is 0. The third-order valence-electron chi connectivity index (χ3n) is 3.68. The number of benzene rings is 1. The Labute approximate surface area is 133 Å². The molecule has 6 heteroatoms. The highest BCUT2D eigenvalue weighted by atomic mass is 16.4. The number of carboxylic acid groups (broad SMARTS) is 1. The van der Waals surface area contributed by atoms with Crippen LogP contribution < -0.4 is 10.7 Å². The summed E-state index contributed by atoms with van der Waals surface area (Å²) in [4.78, 5) is 35.1. The number of carbonyl (C=O) groups is 2. The summed E-state index contributed by atoms with van der Waals surface area (Å²) in [6, 6.07) is 7.54. The quantitative estimate of drug-likeness (QED) is 0.814. The van der Waals surface area contributed by atoms with E-state index in [1.807, 2.05) is 6.92 Å². The van der Waals surface area contributed by atoms with Crippen LogP contribution in [-0.2, 0) is 16.1 Å². The van der Waals surface area contributed by atoms with Crippen LogP contribution in [0.2, 0.25) is 0 Å². The summed E-state index contributed by atoms with van der Waals surface area (Å²) < 4.78 is 1.64. The molecule has 0 aliphatic rings. The molecule has 23 heavy (non-hydrogen) atoms. The summed E-state index contributed by atoms with van der Waals surface area (Å²) in [5, 5.41) is 12.2. The minimum atomic E-state index is -1.03. The Morgan fingerprint density at radius 3 is 2.70 bits per heavy atom. The second-order valence-corrected chi connectivity index (χ2v) is 5.43. The number of aromatic nitrogens is 1. The Morgan fingerprint density at radius 2 is 2.00 bits per heavy atom. The number of hydrogen-bond donors (Lipinski definition) is 2. The Morgan fingerprint density at radius 1 is 1.26 bits per heavy atom. The van der Waals surface area contributed by atoms with Crippen LogP contribution in [0.1, 0.15) is 26.2 Å². The van der Waals surface area contributed by atoms with Crippen molar-refractivity contribution >= 4 is 22.8 Å². The molecule has 2 rings (SSSR count).